The molecule has 1 N–H and O–H groups in total. The number of fused-ring (bicyclic) bond motifs is 1. The number of hydrogen-bond acceptors (Lipinski definition) is 2. The van der Waals surface area contributed by atoms with Gasteiger partial charge in [0.15, 0.2) is 0 Å². The number of halogens is 1. The number of benzene rings is 3. The van der Waals surface area contributed by atoms with Crippen LogP contribution in [0.15, 0.2) is 65.8 Å². The molecule has 3 aromatic carbocycles. The summed E-state index contributed by atoms with van der Waals surface area (Å²) in [5.74, 6) is 0. The summed E-state index contributed by atoms with van der Waals surface area (Å²) < 4.78 is 0. The zero-order chi connectivity index (χ0) is 14.7. The number of anilines is 1. The van der Waals surface area contributed by atoms with E-state index in [2.05, 4.69) is 34.8 Å². The van der Waals surface area contributed by atoms with Gasteiger partial charge in [-0.2, -0.15) is 5.10 Å². The fraction of sp³-hybridized carbons (Fsp3) is 0.0556. The van der Waals surface area contributed by atoms with Crippen molar-refractivity contribution in [3.05, 3.63) is 76.8 Å². The van der Waals surface area contributed by atoms with Crippen LogP contribution in [0.4, 0.5) is 5.69 Å². The van der Waals surface area contributed by atoms with Crippen LogP contribution in [0.5, 0.6) is 0 Å². The van der Waals surface area contributed by atoms with E-state index in [1.165, 1.54) is 10.8 Å². The highest BCUT2D eigenvalue weighted by Gasteiger charge is 1.98. The fourth-order valence-electron chi connectivity index (χ4n) is 2.20. The number of nitrogens with zero attached hydrogens (tertiary/aromatic N) is 1. The van der Waals surface area contributed by atoms with Crippen molar-refractivity contribution in [1.82, 2.24) is 0 Å². The Balaban J connectivity index is 1.83. The highest BCUT2D eigenvalue weighted by Crippen LogP contribution is 2.20. The first kappa shape index (κ1) is 13.7. The van der Waals surface area contributed by atoms with Crippen LogP contribution in [0.3, 0.4) is 0 Å². The van der Waals surface area contributed by atoms with Crippen LogP contribution in [0.1, 0.15) is 11.1 Å². The molecule has 0 unspecified atom stereocenters. The highest BCUT2D eigenvalue weighted by molar-refractivity contribution is 6.31. The van der Waals surface area contributed by atoms with Crippen LogP contribution in [0.2, 0.25) is 5.02 Å². The molecule has 0 bridgehead atoms. The molecule has 104 valence electrons. The van der Waals surface area contributed by atoms with Gasteiger partial charge in [-0.15, -0.1) is 0 Å². The standard InChI is InChI=1S/C18H15ClN2/c1-13-9-10-16(11-18(13)19)21-20-12-15-7-4-6-14-5-2-3-8-17(14)15/h2-12,21H,1H3. The second-order valence-electron chi connectivity index (χ2n) is 4.90. The van der Waals surface area contributed by atoms with Gasteiger partial charge in [-0.1, -0.05) is 60.1 Å². The van der Waals surface area contributed by atoms with Crippen molar-refractivity contribution in [2.24, 2.45) is 5.10 Å². The molecule has 3 rings (SSSR count). The molecule has 0 spiro atoms. The Kier molecular flexibility index (Phi) is 3.89. The first-order valence-electron chi connectivity index (χ1n) is 6.77. The van der Waals surface area contributed by atoms with E-state index in [0.29, 0.717) is 0 Å². The van der Waals surface area contributed by atoms with Gasteiger partial charge in [-0.3, -0.25) is 5.43 Å². The molecule has 3 aromatic rings. The minimum absolute atomic E-state index is 0.736. The van der Waals surface area contributed by atoms with Gasteiger partial charge in [-0.25, -0.2) is 0 Å². The Morgan fingerprint density at radius 1 is 1.00 bits per heavy atom. The Bertz CT molecular complexity index is 804. The zero-order valence-corrected chi connectivity index (χ0v) is 12.4. The van der Waals surface area contributed by atoms with Gasteiger partial charge in [0, 0.05) is 10.6 Å². The van der Waals surface area contributed by atoms with E-state index in [-0.39, 0.29) is 0 Å². The second kappa shape index (κ2) is 5.98. The highest BCUT2D eigenvalue weighted by atomic mass is 35.5. The topological polar surface area (TPSA) is 24.4 Å². The van der Waals surface area contributed by atoms with Crippen molar-refractivity contribution in [1.29, 1.82) is 0 Å². The molecular weight excluding hydrogens is 280 g/mol. The molecule has 3 heteroatoms. The van der Waals surface area contributed by atoms with Crippen LogP contribution < -0.4 is 5.43 Å². The molecule has 0 fully saturated rings. The number of hydrogen-bond donors (Lipinski definition) is 1. The SMILES string of the molecule is Cc1ccc(NN=Cc2cccc3ccccc23)cc1Cl. The third kappa shape index (κ3) is 3.06. The summed E-state index contributed by atoms with van der Waals surface area (Å²) in [5, 5.41) is 7.43. The van der Waals surface area contributed by atoms with Crippen molar-refractivity contribution in [3.63, 3.8) is 0 Å². The maximum Gasteiger partial charge on any atom is 0.0576 e. The van der Waals surface area contributed by atoms with Crippen LogP contribution in [0.25, 0.3) is 10.8 Å². The molecule has 0 saturated heterocycles. The predicted molar refractivity (Wildman–Crippen MR) is 91.4 cm³/mol. The van der Waals surface area contributed by atoms with Gasteiger partial charge in [0.1, 0.15) is 0 Å². The van der Waals surface area contributed by atoms with E-state index < -0.39 is 0 Å². The molecule has 0 aliphatic heterocycles. The largest absolute Gasteiger partial charge is 0.278 e. The average Bonchev–Trinajstić information content (AvgIpc) is 2.51. The van der Waals surface area contributed by atoms with Gasteiger partial charge >= 0.3 is 0 Å². The Morgan fingerprint density at radius 2 is 1.81 bits per heavy atom. The quantitative estimate of drug-likeness (QED) is 0.518. The van der Waals surface area contributed by atoms with Crippen molar-refractivity contribution < 1.29 is 0 Å². The molecule has 0 aromatic heterocycles. The monoisotopic (exact) mass is 294 g/mol. The number of rotatable bonds is 3. The smallest absolute Gasteiger partial charge is 0.0576 e. The summed E-state index contributed by atoms with van der Waals surface area (Å²) in [5.41, 5.74) is 6.03. The third-order valence-corrected chi connectivity index (χ3v) is 3.80. The number of hydrazone groups is 1. The van der Waals surface area contributed by atoms with Crippen molar-refractivity contribution in [2.75, 3.05) is 5.43 Å². The minimum atomic E-state index is 0.736. The Labute approximate surface area is 129 Å². The maximum atomic E-state index is 6.10. The van der Waals surface area contributed by atoms with Gasteiger partial charge < -0.3 is 0 Å². The number of aryl methyl sites for hydroxylation is 1. The van der Waals surface area contributed by atoms with Gasteiger partial charge in [-0.05, 0) is 35.4 Å². The summed E-state index contributed by atoms with van der Waals surface area (Å²) in [4.78, 5) is 0. The van der Waals surface area contributed by atoms with Crippen molar-refractivity contribution >= 4 is 34.3 Å². The molecule has 21 heavy (non-hydrogen) atoms. The molecule has 0 atom stereocenters. The molecule has 2 nitrogen and oxygen atoms in total. The van der Waals surface area contributed by atoms with Crippen LogP contribution >= 0.6 is 11.6 Å². The molecule has 0 aliphatic rings. The van der Waals surface area contributed by atoms with Crippen molar-refractivity contribution in [3.8, 4) is 0 Å². The Hall–Kier alpha value is -2.32. The van der Waals surface area contributed by atoms with E-state index in [9.17, 15) is 0 Å². The molecule has 0 heterocycles. The predicted octanol–water partition coefficient (Wildman–Crippen LogP) is 5.25. The third-order valence-electron chi connectivity index (χ3n) is 3.39. The minimum Gasteiger partial charge on any atom is -0.278 e. The van der Waals surface area contributed by atoms with Crippen molar-refractivity contribution in [2.45, 2.75) is 6.92 Å². The molecule has 0 aliphatic carbocycles. The van der Waals surface area contributed by atoms with E-state index >= 15 is 0 Å². The molecule has 0 saturated carbocycles. The first-order valence-corrected chi connectivity index (χ1v) is 7.15. The lowest BCUT2D eigenvalue weighted by Crippen LogP contribution is -1.92. The van der Waals surface area contributed by atoms with Gasteiger partial charge in [0.2, 0.25) is 0 Å². The lowest BCUT2D eigenvalue weighted by Gasteiger charge is -2.04. The van der Waals surface area contributed by atoms with E-state index in [1.54, 1.807) is 0 Å². The summed E-state index contributed by atoms with van der Waals surface area (Å²) in [6.07, 6.45) is 1.83. The number of nitrogens with one attached hydrogen (secondary N) is 1. The van der Waals surface area contributed by atoms with E-state index in [0.717, 1.165) is 21.8 Å². The summed E-state index contributed by atoms with van der Waals surface area (Å²) in [7, 11) is 0. The second-order valence-corrected chi connectivity index (χ2v) is 5.31. The van der Waals surface area contributed by atoms with Gasteiger partial charge in [0.25, 0.3) is 0 Å². The van der Waals surface area contributed by atoms with Gasteiger partial charge in [0.05, 0.1) is 11.9 Å². The normalized spacial score (nSPS) is 11.1. The van der Waals surface area contributed by atoms with E-state index in [1.807, 2.05) is 49.5 Å². The van der Waals surface area contributed by atoms with Crippen LogP contribution in [-0.4, -0.2) is 6.21 Å². The fourth-order valence-corrected chi connectivity index (χ4v) is 2.38. The lowest BCUT2D eigenvalue weighted by atomic mass is 10.1. The van der Waals surface area contributed by atoms with Crippen LogP contribution in [-0.2, 0) is 0 Å². The average molecular weight is 295 g/mol. The van der Waals surface area contributed by atoms with Crippen LogP contribution in [0, 0.1) is 6.92 Å². The molecule has 0 amide bonds. The lowest BCUT2D eigenvalue weighted by molar-refractivity contribution is 1.34. The molecule has 0 radical (unpaired) electrons. The summed E-state index contributed by atoms with van der Waals surface area (Å²) in [6, 6.07) is 20.3. The maximum absolute atomic E-state index is 6.10. The Morgan fingerprint density at radius 3 is 2.67 bits per heavy atom. The first-order chi connectivity index (χ1) is 10.2. The molecular formula is C18H15ClN2. The zero-order valence-electron chi connectivity index (χ0n) is 11.7. The summed E-state index contributed by atoms with van der Waals surface area (Å²) in [6.45, 7) is 1.98. The summed E-state index contributed by atoms with van der Waals surface area (Å²) >= 11 is 6.10. The van der Waals surface area contributed by atoms with E-state index in [4.69, 9.17) is 11.6 Å².